The van der Waals surface area contributed by atoms with Gasteiger partial charge >= 0.3 is 0 Å². The number of hydrogen-bond donors (Lipinski definition) is 1. The number of rotatable bonds is 4. The number of carbonyl (C=O) groups excluding carboxylic acids is 1. The predicted octanol–water partition coefficient (Wildman–Crippen LogP) is 2.86. The van der Waals surface area contributed by atoms with Gasteiger partial charge in [0.1, 0.15) is 5.75 Å². The minimum absolute atomic E-state index is 0.0612. The van der Waals surface area contributed by atoms with Crippen LogP contribution in [0, 0.1) is 6.92 Å². The summed E-state index contributed by atoms with van der Waals surface area (Å²) in [6, 6.07) is 13.2. The zero-order valence-corrected chi connectivity index (χ0v) is 12.6. The molecule has 0 aliphatic heterocycles. The highest BCUT2D eigenvalue weighted by molar-refractivity contribution is 5.95. The molecule has 0 saturated heterocycles. The van der Waals surface area contributed by atoms with Crippen LogP contribution >= 0.6 is 0 Å². The van der Waals surface area contributed by atoms with Crippen LogP contribution in [-0.4, -0.2) is 25.0 Å². The van der Waals surface area contributed by atoms with Gasteiger partial charge < -0.3 is 15.4 Å². The van der Waals surface area contributed by atoms with Gasteiger partial charge in [-0.25, -0.2) is 0 Å². The fourth-order valence-corrected chi connectivity index (χ4v) is 2.10. The van der Waals surface area contributed by atoms with Crippen LogP contribution in [0.2, 0.25) is 0 Å². The second-order valence-corrected chi connectivity index (χ2v) is 5.10. The van der Waals surface area contributed by atoms with Crippen LogP contribution in [0.5, 0.6) is 5.75 Å². The Balaban J connectivity index is 2.13. The lowest BCUT2D eigenvalue weighted by Crippen LogP contribution is -2.26. The summed E-state index contributed by atoms with van der Waals surface area (Å²) in [6.07, 6.45) is 0. The van der Waals surface area contributed by atoms with Crippen molar-refractivity contribution >= 4 is 11.6 Å². The molecule has 2 aromatic rings. The van der Waals surface area contributed by atoms with Crippen LogP contribution in [0.4, 0.5) is 5.69 Å². The molecule has 0 fully saturated rings. The number of nitrogen functional groups attached to an aromatic ring is 1. The van der Waals surface area contributed by atoms with Gasteiger partial charge in [0.2, 0.25) is 0 Å². The van der Waals surface area contributed by atoms with Gasteiger partial charge in [-0.05, 0) is 30.7 Å². The van der Waals surface area contributed by atoms with Crippen molar-refractivity contribution in [2.45, 2.75) is 13.5 Å². The first-order valence-electron chi connectivity index (χ1n) is 6.76. The molecule has 2 rings (SSSR count). The van der Waals surface area contributed by atoms with E-state index in [1.54, 1.807) is 30.1 Å². The number of hydrogen-bond acceptors (Lipinski definition) is 3. The van der Waals surface area contributed by atoms with Gasteiger partial charge in [-0.2, -0.15) is 0 Å². The minimum Gasteiger partial charge on any atom is -0.495 e. The molecule has 2 N–H and O–H groups in total. The van der Waals surface area contributed by atoms with Crippen molar-refractivity contribution in [3.63, 3.8) is 0 Å². The van der Waals surface area contributed by atoms with E-state index in [9.17, 15) is 4.79 Å². The summed E-state index contributed by atoms with van der Waals surface area (Å²) in [7, 11) is 3.32. The van der Waals surface area contributed by atoms with Gasteiger partial charge in [0.25, 0.3) is 5.91 Å². The smallest absolute Gasteiger partial charge is 0.254 e. The third-order valence-corrected chi connectivity index (χ3v) is 3.37. The highest BCUT2D eigenvalue weighted by Crippen LogP contribution is 2.23. The summed E-state index contributed by atoms with van der Waals surface area (Å²) in [5, 5.41) is 0. The Morgan fingerprint density at radius 3 is 2.48 bits per heavy atom. The molecule has 0 unspecified atom stereocenters. The zero-order valence-electron chi connectivity index (χ0n) is 12.6. The third-order valence-electron chi connectivity index (χ3n) is 3.37. The van der Waals surface area contributed by atoms with Crippen molar-refractivity contribution in [2.75, 3.05) is 19.9 Å². The van der Waals surface area contributed by atoms with Crippen LogP contribution in [-0.2, 0) is 6.54 Å². The molecule has 0 aliphatic rings. The Labute approximate surface area is 125 Å². The molecule has 21 heavy (non-hydrogen) atoms. The summed E-state index contributed by atoms with van der Waals surface area (Å²) < 4.78 is 5.15. The minimum atomic E-state index is -0.0612. The lowest BCUT2D eigenvalue weighted by atomic mass is 10.1. The lowest BCUT2D eigenvalue weighted by Gasteiger charge is -2.18. The molecule has 1 amide bonds. The standard InChI is InChI=1S/C17H20N2O2/c1-12-4-6-13(7-5-12)11-19(2)17(20)14-8-9-15(18)16(10-14)21-3/h4-10H,11,18H2,1-3H3. The predicted molar refractivity (Wildman–Crippen MR) is 84.4 cm³/mol. The van der Waals surface area contributed by atoms with Gasteiger partial charge in [-0.1, -0.05) is 29.8 Å². The van der Waals surface area contributed by atoms with Crippen molar-refractivity contribution in [2.24, 2.45) is 0 Å². The molecule has 0 heterocycles. The van der Waals surface area contributed by atoms with Crippen LogP contribution in [0.3, 0.4) is 0 Å². The Morgan fingerprint density at radius 2 is 1.86 bits per heavy atom. The van der Waals surface area contributed by atoms with Gasteiger partial charge in [0.15, 0.2) is 0 Å². The summed E-state index contributed by atoms with van der Waals surface area (Å²) in [6.45, 7) is 2.60. The molecule has 0 spiro atoms. The summed E-state index contributed by atoms with van der Waals surface area (Å²) in [5.41, 5.74) is 9.15. The van der Waals surface area contributed by atoms with E-state index in [1.807, 2.05) is 31.2 Å². The largest absolute Gasteiger partial charge is 0.495 e. The zero-order chi connectivity index (χ0) is 15.4. The average molecular weight is 284 g/mol. The Hall–Kier alpha value is -2.49. The van der Waals surface area contributed by atoms with E-state index in [-0.39, 0.29) is 5.91 Å². The summed E-state index contributed by atoms with van der Waals surface area (Å²) >= 11 is 0. The summed E-state index contributed by atoms with van der Waals surface area (Å²) in [4.78, 5) is 14.1. The van der Waals surface area contributed by atoms with Crippen LogP contribution < -0.4 is 10.5 Å². The van der Waals surface area contributed by atoms with E-state index in [4.69, 9.17) is 10.5 Å². The lowest BCUT2D eigenvalue weighted by molar-refractivity contribution is 0.0785. The van der Waals surface area contributed by atoms with Crippen molar-refractivity contribution in [3.8, 4) is 5.75 Å². The van der Waals surface area contributed by atoms with Crippen molar-refractivity contribution in [1.82, 2.24) is 4.90 Å². The number of nitrogens with two attached hydrogens (primary N) is 1. The van der Waals surface area contributed by atoms with Crippen LogP contribution in [0.25, 0.3) is 0 Å². The van der Waals surface area contributed by atoms with Gasteiger partial charge in [-0.15, -0.1) is 0 Å². The molecule has 0 radical (unpaired) electrons. The van der Waals surface area contributed by atoms with Crippen molar-refractivity contribution < 1.29 is 9.53 Å². The molecule has 0 bridgehead atoms. The Bertz CT molecular complexity index is 636. The number of benzene rings is 2. The second kappa shape index (κ2) is 6.31. The van der Waals surface area contributed by atoms with Crippen LogP contribution in [0.1, 0.15) is 21.5 Å². The Kier molecular flexibility index (Phi) is 4.48. The number of anilines is 1. The molecule has 0 atom stereocenters. The number of ether oxygens (including phenoxy) is 1. The maximum atomic E-state index is 12.4. The molecule has 110 valence electrons. The molecule has 4 nitrogen and oxygen atoms in total. The number of aryl methyl sites for hydroxylation is 1. The van der Waals surface area contributed by atoms with E-state index >= 15 is 0 Å². The molecular weight excluding hydrogens is 264 g/mol. The van der Waals surface area contributed by atoms with Crippen molar-refractivity contribution in [3.05, 3.63) is 59.2 Å². The van der Waals surface area contributed by atoms with Gasteiger partial charge in [-0.3, -0.25) is 4.79 Å². The normalized spacial score (nSPS) is 10.2. The fraction of sp³-hybridized carbons (Fsp3) is 0.235. The van der Waals surface area contributed by atoms with E-state index in [1.165, 1.54) is 12.7 Å². The van der Waals surface area contributed by atoms with Gasteiger partial charge in [0.05, 0.1) is 12.8 Å². The topological polar surface area (TPSA) is 55.6 Å². The fourth-order valence-electron chi connectivity index (χ4n) is 2.10. The third kappa shape index (κ3) is 3.54. The molecule has 0 saturated carbocycles. The van der Waals surface area contributed by atoms with E-state index in [0.717, 1.165) is 5.56 Å². The van der Waals surface area contributed by atoms with E-state index in [0.29, 0.717) is 23.5 Å². The number of amides is 1. The van der Waals surface area contributed by atoms with E-state index in [2.05, 4.69) is 0 Å². The van der Waals surface area contributed by atoms with Gasteiger partial charge in [0, 0.05) is 19.2 Å². The maximum absolute atomic E-state index is 12.4. The Morgan fingerprint density at radius 1 is 1.19 bits per heavy atom. The highest BCUT2D eigenvalue weighted by atomic mass is 16.5. The molecular formula is C17H20N2O2. The number of nitrogens with zero attached hydrogens (tertiary/aromatic N) is 1. The molecule has 0 aliphatic carbocycles. The number of carbonyl (C=O) groups is 1. The second-order valence-electron chi connectivity index (χ2n) is 5.10. The average Bonchev–Trinajstić information content (AvgIpc) is 2.49. The monoisotopic (exact) mass is 284 g/mol. The SMILES string of the molecule is COc1cc(C(=O)N(C)Cc2ccc(C)cc2)ccc1N. The first-order valence-corrected chi connectivity index (χ1v) is 6.76. The highest BCUT2D eigenvalue weighted by Gasteiger charge is 2.14. The van der Waals surface area contributed by atoms with Crippen LogP contribution in [0.15, 0.2) is 42.5 Å². The quantitative estimate of drug-likeness (QED) is 0.878. The molecule has 2 aromatic carbocycles. The first-order chi connectivity index (χ1) is 10.0. The maximum Gasteiger partial charge on any atom is 0.254 e. The summed E-state index contributed by atoms with van der Waals surface area (Å²) in [5.74, 6) is 0.457. The number of methoxy groups -OCH3 is 1. The molecule has 0 aromatic heterocycles. The van der Waals surface area contributed by atoms with E-state index < -0.39 is 0 Å². The molecule has 4 heteroatoms. The first kappa shape index (κ1) is 14.9. The van der Waals surface area contributed by atoms with Crippen molar-refractivity contribution in [1.29, 1.82) is 0 Å².